The van der Waals surface area contributed by atoms with Gasteiger partial charge >= 0.3 is 0 Å². The summed E-state index contributed by atoms with van der Waals surface area (Å²) in [6, 6.07) is 12.0. The van der Waals surface area contributed by atoms with Gasteiger partial charge in [-0.05, 0) is 61.1 Å². The Balaban J connectivity index is 1.42. The molecule has 0 spiro atoms. The molecular weight excluding hydrogens is 388 g/mol. The summed E-state index contributed by atoms with van der Waals surface area (Å²) in [6.45, 7) is 1.83. The molecule has 2 aromatic rings. The van der Waals surface area contributed by atoms with Gasteiger partial charge in [-0.15, -0.1) is 0 Å². The van der Waals surface area contributed by atoms with E-state index in [1.165, 1.54) is 4.90 Å². The summed E-state index contributed by atoms with van der Waals surface area (Å²) < 4.78 is 0. The van der Waals surface area contributed by atoms with E-state index >= 15 is 0 Å². The van der Waals surface area contributed by atoms with Gasteiger partial charge in [0.25, 0.3) is 5.91 Å². The molecule has 6 heteroatoms. The Hall–Kier alpha value is -2.92. The zero-order chi connectivity index (χ0) is 20.3. The molecule has 1 saturated heterocycles. The highest BCUT2D eigenvalue weighted by molar-refractivity contribution is 6.31. The van der Waals surface area contributed by atoms with Gasteiger partial charge in [0.05, 0.1) is 17.5 Å². The van der Waals surface area contributed by atoms with E-state index in [9.17, 15) is 14.4 Å². The lowest BCUT2D eigenvalue weighted by molar-refractivity contribution is -0.123. The van der Waals surface area contributed by atoms with Crippen molar-refractivity contribution in [3.63, 3.8) is 0 Å². The zero-order valence-electron chi connectivity index (χ0n) is 15.8. The van der Waals surface area contributed by atoms with Crippen molar-refractivity contribution in [3.8, 4) is 0 Å². The van der Waals surface area contributed by atoms with Gasteiger partial charge in [-0.3, -0.25) is 14.4 Å². The lowest BCUT2D eigenvalue weighted by atomic mass is 9.85. The molecule has 29 heavy (non-hydrogen) atoms. The molecule has 1 heterocycles. The van der Waals surface area contributed by atoms with Crippen LogP contribution in [0.5, 0.6) is 0 Å². The van der Waals surface area contributed by atoms with Crippen LogP contribution in [0.4, 0.5) is 11.4 Å². The zero-order valence-corrected chi connectivity index (χ0v) is 16.5. The molecule has 1 N–H and O–H groups in total. The molecule has 2 fully saturated rings. The average molecular weight is 407 g/mol. The summed E-state index contributed by atoms with van der Waals surface area (Å²) in [5.41, 5.74) is 2.22. The molecule has 1 saturated carbocycles. The molecule has 0 radical (unpaired) electrons. The highest BCUT2D eigenvalue weighted by Gasteiger charge is 2.59. The van der Waals surface area contributed by atoms with Crippen LogP contribution < -0.4 is 10.2 Å². The second kappa shape index (κ2) is 6.56. The quantitative estimate of drug-likeness (QED) is 0.613. The van der Waals surface area contributed by atoms with Crippen molar-refractivity contribution >= 4 is 40.7 Å². The van der Waals surface area contributed by atoms with E-state index in [2.05, 4.69) is 17.5 Å². The number of hydrogen-bond donors (Lipinski definition) is 1. The summed E-state index contributed by atoms with van der Waals surface area (Å²) in [6.07, 6.45) is 5.03. The maximum atomic E-state index is 13.0. The molecule has 1 aliphatic heterocycles. The highest BCUT2D eigenvalue weighted by Crippen LogP contribution is 2.53. The number of hydrogen-bond acceptors (Lipinski definition) is 3. The Bertz CT molecular complexity index is 1060. The summed E-state index contributed by atoms with van der Waals surface area (Å²) in [5, 5.41) is 3.42. The van der Waals surface area contributed by atoms with Gasteiger partial charge in [-0.25, -0.2) is 4.90 Å². The molecule has 3 amide bonds. The van der Waals surface area contributed by atoms with Gasteiger partial charge in [0.2, 0.25) is 11.8 Å². The van der Waals surface area contributed by atoms with Crippen LogP contribution in [-0.4, -0.2) is 17.7 Å². The summed E-state index contributed by atoms with van der Waals surface area (Å²) in [5.74, 6) is -0.834. The number of amides is 3. The Kier molecular flexibility index (Phi) is 4.10. The number of anilines is 2. The Morgan fingerprint density at radius 2 is 1.69 bits per heavy atom. The molecule has 5 nitrogen and oxygen atoms in total. The topological polar surface area (TPSA) is 66.5 Å². The van der Waals surface area contributed by atoms with Crippen molar-refractivity contribution in [1.82, 2.24) is 0 Å². The van der Waals surface area contributed by atoms with Crippen molar-refractivity contribution in [2.24, 2.45) is 23.7 Å². The van der Waals surface area contributed by atoms with Crippen molar-refractivity contribution in [1.29, 1.82) is 0 Å². The van der Waals surface area contributed by atoms with Gasteiger partial charge in [0, 0.05) is 16.3 Å². The minimum Gasteiger partial charge on any atom is -0.322 e. The fourth-order valence-corrected chi connectivity index (χ4v) is 5.05. The van der Waals surface area contributed by atoms with E-state index in [1.54, 1.807) is 42.5 Å². The first-order chi connectivity index (χ1) is 14.0. The van der Waals surface area contributed by atoms with E-state index in [-0.39, 0.29) is 41.4 Å². The first-order valence-corrected chi connectivity index (χ1v) is 10.1. The number of fused-ring (bicyclic) bond motifs is 5. The number of rotatable bonds is 3. The number of imide groups is 1. The summed E-state index contributed by atoms with van der Waals surface area (Å²) in [4.78, 5) is 40.0. The lowest BCUT2D eigenvalue weighted by Gasteiger charge is -2.18. The first kappa shape index (κ1) is 18.1. The monoisotopic (exact) mass is 406 g/mol. The third kappa shape index (κ3) is 2.72. The van der Waals surface area contributed by atoms with E-state index in [0.29, 0.717) is 22.0 Å². The van der Waals surface area contributed by atoms with E-state index in [0.717, 1.165) is 12.0 Å². The van der Waals surface area contributed by atoms with Crippen molar-refractivity contribution in [2.45, 2.75) is 13.3 Å². The third-order valence-electron chi connectivity index (χ3n) is 6.35. The van der Waals surface area contributed by atoms with E-state index < -0.39 is 0 Å². The van der Waals surface area contributed by atoms with Crippen LogP contribution in [0.3, 0.4) is 0 Å². The Labute approximate surface area is 173 Å². The van der Waals surface area contributed by atoms with Crippen LogP contribution in [0.25, 0.3) is 0 Å². The van der Waals surface area contributed by atoms with Gasteiger partial charge in [-0.1, -0.05) is 35.9 Å². The number of allylic oxidation sites excluding steroid dienone is 2. The van der Waals surface area contributed by atoms with E-state index in [1.807, 2.05) is 6.92 Å². The average Bonchev–Trinajstić information content (AvgIpc) is 3.39. The molecule has 0 unspecified atom stereocenters. The van der Waals surface area contributed by atoms with Crippen LogP contribution >= 0.6 is 11.6 Å². The molecule has 0 aromatic heterocycles. The molecule has 3 aliphatic rings. The molecule has 2 aromatic carbocycles. The summed E-state index contributed by atoms with van der Waals surface area (Å²) >= 11 is 6.12. The van der Waals surface area contributed by atoms with Crippen molar-refractivity contribution < 1.29 is 14.4 Å². The number of halogens is 1. The Morgan fingerprint density at radius 1 is 1.03 bits per heavy atom. The number of nitrogens with one attached hydrogen (secondary N) is 1. The fourth-order valence-electron chi connectivity index (χ4n) is 4.88. The van der Waals surface area contributed by atoms with Crippen molar-refractivity contribution in [3.05, 3.63) is 70.8 Å². The van der Waals surface area contributed by atoms with Crippen LogP contribution in [0.15, 0.2) is 54.6 Å². The molecular formula is C23H19ClN2O3. The summed E-state index contributed by atoms with van der Waals surface area (Å²) in [7, 11) is 0. The third-order valence-corrected chi connectivity index (χ3v) is 6.76. The van der Waals surface area contributed by atoms with Gasteiger partial charge < -0.3 is 5.32 Å². The highest BCUT2D eigenvalue weighted by atomic mass is 35.5. The predicted molar refractivity (Wildman–Crippen MR) is 111 cm³/mol. The van der Waals surface area contributed by atoms with Crippen molar-refractivity contribution in [2.75, 3.05) is 10.2 Å². The Morgan fingerprint density at radius 3 is 2.38 bits per heavy atom. The van der Waals surface area contributed by atoms with Crippen LogP contribution in [0, 0.1) is 30.6 Å². The van der Waals surface area contributed by atoms with Crippen LogP contribution in [0.1, 0.15) is 22.3 Å². The molecule has 5 rings (SSSR count). The standard InChI is InChI=1S/C23H19ClN2O3/c1-12-17(24)6-3-7-18(12)25-21(27)15-4-2-5-16(11-15)26-22(28)19-13-8-9-14(10-13)20(19)23(26)29/h2-9,11,13-14,19-20H,10H2,1H3,(H,25,27)/t13-,14-,19-,20+/m0/s1. The largest absolute Gasteiger partial charge is 0.322 e. The lowest BCUT2D eigenvalue weighted by Crippen LogP contribution is -2.33. The van der Waals surface area contributed by atoms with E-state index in [4.69, 9.17) is 11.6 Å². The number of benzene rings is 2. The maximum Gasteiger partial charge on any atom is 0.255 e. The second-order valence-electron chi connectivity index (χ2n) is 7.93. The molecule has 146 valence electrons. The molecule has 4 atom stereocenters. The maximum absolute atomic E-state index is 13.0. The SMILES string of the molecule is Cc1c(Cl)cccc1NC(=O)c1cccc(N2C(=O)[C@@H]3[C@H](C2=O)[C@H]2C=C[C@H]3C2)c1. The fraction of sp³-hybridized carbons (Fsp3) is 0.261. The van der Waals surface area contributed by atoms with Gasteiger partial charge in [-0.2, -0.15) is 0 Å². The minimum absolute atomic E-state index is 0.153. The number of carbonyl (C=O) groups is 3. The van der Waals surface area contributed by atoms with Crippen LogP contribution in [0.2, 0.25) is 5.02 Å². The number of nitrogens with zero attached hydrogens (tertiary/aromatic N) is 1. The first-order valence-electron chi connectivity index (χ1n) is 9.68. The second-order valence-corrected chi connectivity index (χ2v) is 8.34. The molecule has 2 aliphatic carbocycles. The van der Waals surface area contributed by atoms with Gasteiger partial charge in [0.15, 0.2) is 0 Å². The molecule has 2 bridgehead atoms. The predicted octanol–water partition coefficient (Wildman–Crippen LogP) is 4.21. The number of carbonyl (C=O) groups excluding carboxylic acids is 3. The normalized spacial score (nSPS) is 26.9. The minimum atomic E-state index is -0.321. The van der Waals surface area contributed by atoms with Gasteiger partial charge in [0.1, 0.15) is 0 Å². The smallest absolute Gasteiger partial charge is 0.255 e. The van der Waals surface area contributed by atoms with Crippen LogP contribution in [-0.2, 0) is 9.59 Å².